The van der Waals surface area contributed by atoms with E-state index >= 15 is 0 Å². The first-order valence-corrected chi connectivity index (χ1v) is 10.9. The van der Waals surface area contributed by atoms with Crippen molar-refractivity contribution in [2.45, 2.75) is 77.8 Å². The van der Waals surface area contributed by atoms with Crippen LogP contribution in [0.3, 0.4) is 0 Å². The van der Waals surface area contributed by atoms with Gasteiger partial charge < -0.3 is 4.90 Å². The molecule has 0 aliphatic carbocycles. The highest BCUT2D eigenvalue weighted by molar-refractivity contribution is 6.20. The highest BCUT2D eigenvalue weighted by atomic mass is 15.4. The zero-order valence-electron chi connectivity index (χ0n) is 17.8. The lowest BCUT2D eigenvalue weighted by Gasteiger charge is -2.46. The van der Waals surface area contributed by atoms with Gasteiger partial charge in [0.1, 0.15) is 23.5 Å². The number of aliphatic imine (C=N–C) groups is 1. The topological polar surface area (TPSA) is 64.1 Å². The fourth-order valence-corrected chi connectivity index (χ4v) is 5.38. The molecule has 0 amide bonds. The molecule has 1 saturated heterocycles. The molecule has 1 fully saturated rings. The zero-order chi connectivity index (χ0) is 20.2. The van der Waals surface area contributed by atoms with Crippen molar-refractivity contribution < 1.29 is 0 Å². The van der Waals surface area contributed by atoms with E-state index in [1.54, 1.807) is 0 Å². The Balaban J connectivity index is 1.80. The van der Waals surface area contributed by atoms with Crippen molar-refractivity contribution in [3.05, 3.63) is 42.0 Å². The number of rotatable bonds is 4. The van der Waals surface area contributed by atoms with Gasteiger partial charge in [0.25, 0.3) is 0 Å². The monoisotopic (exact) mass is 391 g/mol. The Hall–Kier alpha value is -2.70. The molecule has 0 bridgehead atoms. The maximum absolute atomic E-state index is 5.35. The molecule has 5 heterocycles. The molecule has 152 valence electrons. The maximum atomic E-state index is 5.35. The third-order valence-electron chi connectivity index (χ3n) is 6.96. The summed E-state index contributed by atoms with van der Waals surface area (Å²) in [5.74, 6) is 4.10. The molecule has 2 aromatic rings. The van der Waals surface area contributed by atoms with Crippen molar-refractivity contribution in [2.24, 2.45) is 4.99 Å². The van der Waals surface area contributed by atoms with Gasteiger partial charge in [-0.05, 0) is 51.0 Å². The van der Waals surface area contributed by atoms with E-state index in [0.29, 0.717) is 6.04 Å². The highest BCUT2D eigenvalue weighted by Gasteiger charge is 2.54. The second-order valence-corrected chi connectivity index (χ2v) is 8.24. The minimum absolute atomic E-state index is 0.130. The van der Waals surface area contributed by atoms with Crippen molar-refractivity contribution in [3.8, 4) is 0 Å². The first-order chi connectivity index (χ1) is 14.1. The summed E-state index contributed by atoms with van der Waals surface area (Å²) >= 11 is 0. The molecule has 0 saturated carbocycles. The summed E-state index contributed by atoms with van der Waals surface area (Å²) in [5.41, 5.74) is 2.32. The first-order valence-electron chi connectivity index (χ1n) is 10.9. The quantitative estimate of drug-likeness (QED) is 0.784. The summed E-state index contributed by atoms with van der Waals surface area (Å²) in [6, 6.07) is 0.468. The number of amidine groups is 1. The summed E-state index contributed by atoms with van der Waals surface area (Å²) in [6.45, 7) is 8.81. The van der Waals surface area contributed by atoms with Crippen molar-refractivity contribution >= 4 is 17.4 Å². The molecule has 0 spiro atoms. The predicted octanol–water partition coefficient (Wildman–Crippen LogP) is 4.20. The number of nitrogens with zero attached hydrogens (tertiary/aromatic N) is 7. The van der Waals surface area contributed by atoms with Crippen LogP contribution in [-0.4, -0.2) is 41.1 Å². The Morgan fingerprint density at radius 3 is 2.76 bits per heavy atom. The summed E-state index contributed by atoms with van der Waals surface area (Å²) in [5, 5.41) is 9.18. The molecule has 3 aliphatic heterocycles. The van der Waals surface area contributed by atoms with Gasteiger partial charge in [0.05, 0.1) is 5.70 Å². The van der Waals surface area contributed by atoms with E-state index in [9.17, 15) is 0 Å². The van der Waals surface area contributed by atoms with Crippen molar-refractivity contribution in [1.29, 1.82) is 0 Å². The van der Waals surface area contributed by atoms with Crippen LogP contribution in [0.15, 0.2) is 35.4 Å². The Bertz CT molecular complexity index is 1020. The lowest BCUT2D eigenvalue weighted by molar-refractivity contribution is 0.162. The highest BCUT2D eigenvalue weighted by Crippen LogP contribution is 2.50. The van der Waals surface area contributed by atoms with Crippen molar-refractivity contribution in [1.82, 2.24) is 29.2 Å². The Morgan fingerprint density at radius 2 is 2.07 bits per heavy atom. The van der Waals surface area contributed by atoms with Crippen LogP contribution in [-0.2, 0) is 5.54 Å². The Morgan fingerprint density at radius 1 is 1.21 bits per heavy atom. The predicted molar refractivity (Wildman–Crippen MR) is 114 cm³/mol. The van der Waals surface area contributed by atoms with Crippen LogP contribution < -0.4 is 0 Å². The molecule has 2 aromatic heterocycles. The normalized spacial score (nSPS) is 25.9. The van der Waals surface area contributed by atoms with Gasteiger partial charge in [0.15, 0.2) is 11.7 Å². The van der Waals surface area contributed by atoms with Crippen LogP contribution in [0.25, 0.3) is 11.5 Å². The van der Waals surface area contributed by atoms with Crippen LogP contribution in [0.5, 0.6) is 0 Å². The van der Waals surface area contributed by atoms with Crippen molar-refractivity contribution in [2.75, 3.05) is 0 Å². The molecule has 0 radical (unpaired) electrons. The second-order valence-electron chi connectivity index (χ2n) is 8.24. The minimum Gasteiger partial charge on any atom is -0.339 e. The van der Waals surface area contributed by atoms with Crippen LogP contribution in [0, 0.1) is 6.92 Å². The van der Waals surface area contributed by atoms with E-state index in [1.165, 1.54) is 5.57 Å². The fraction of sp³-hybridized carbons (Fsp3) is 0.545. The molecule has 7 heteroatoms. The number of aromatic nitrogens is 5. The van der Waals surface area contributed by atoms with Gasteiger partial charge in [-0.2, -0.15) is 0 Å². The van der Waals surface area contributed by atoms with Gasteiger partial charge in [0, 0.05) is 18.4 Å². The van der Waals surface area contributed by atoms with Crippen molar-refractivity contribution in [3.63, 3.8) is 0 Å². The van der Waals surface area contributed by atoms with Gasteiger partial charge in [-0.15, -0.1) is 10.2 Å². The van der Waals surface area contributed by atoms with E-state index in [2.05, 4.69) is 63.0 Å². The number of allylic oxidation sites excluding steroid dienone is 2. The Labute approximate surface area is 171 Å². The number of hydrogen-bond acceptors (Lipinski definition) is 5. The lowest BCUT2D eigenvalue weighted by atomic mass is 9.89. The summed E-state index contributed by atoms with van der Waals surface area (Å²) in [6.07, 6.45) is 14.2. The third-order valence-corrected chi connectivity index (χ3v) is 6.96. The first kappa shape index (κ1) is 18.3. The second kappa shape index (κ2) is 6.68. The number of hydrogen-bond donors (Lipinski definition) is 0. The summed E-state index contributed by atoms with van der Waals surface area (Å²) in [4.78, 5) is 12.2. The average Bonchev–Trinajstić information content (AvgIpc) is 3.45. The molecular formula is C22H29N7. The maximum Gasteiger partial charge on any atom is 0.163 e. The molecule has 5 rings (SSSR count). The number of fused-ring (bicyclic) bond motifs is 6. The van der Waals surface area contributed by atoms with Gasteiger partial charge >= 0.3 is 0 Å². The summed E-state index contributed by atoms with van der Waals surface area (Å²) in [7, 11) is 0. The summed E-state index contributed by atoms with van der Waals surface area (Å²) < 4.78 is 4.32. The SMILES string of the molecule is CCC1=C(n2ccnc2)N=C2C(=CC1)n1c(C)nnc1C1(CC)CCC(CC)N21. The van der Waals surface area contributed by atoms with Crippen LogP contribution in [0.4, 0.5) is 0 Å². The molecular weight excluding hydrogens is 362 g/mol. The molecule has 2 atom stereocenters. The zero-order valence-corrected chi connectivity index (χ0v) is 17.8. The van der Waals surface area contributed by atoms with Gasteiger partial charge in [-0.25, -0.2) is 9.98 Å². The van der Waals surface area contributed by atoms with Gasteiger partial charge in [0.2, 0.25) is 0 Å². The standard InChI is InChI=1S/C22H29N7/c1-5-16-8-9-18-20(24-19(16)27-13-12-23-14-27)29-17(6-2)10-11-22(29,7-3)21-26-25-15(4)28(18)21/h9,12-14,17H,5-8,10-11H2,1-4H3. The van der Waals surface area contributed by atoms with Crippen LogP contribution >= 0.6 is 0 Å². The third kappa shape index (κ3) is 2.42. The smallest absolute Gasteiger partial charge is 0.163 e. The number of imidazole rings is 1. The molecule has 7 nitrogen and oxygen atoms in total. The van der Waals surface area contributed by atoms with E-state index in [4.69, 9.17) is 4.99 Å². The molecule has 2 unspecified atom stereocenters. The van der Waals surface area contributed by atoms with Crippen LogP contribution in [0.1, 0.15) is 70.9 Å². The van der Waals surface area contributed by atoms with E-state index in [-0.39, 0.29) is 5.54 Å². The van der Waals surface area contributed by atoms with Crippen LogP contribution in [0.2, 0.25) is 0 Å². The minimum atomic E-state index is -0.130. The lowest BCUT2D eigenvalue weighted by Crippen LogP contribution is -2.54. The van der Waals surface area contributed by atoms with E-state index in [1.807, 2.05) is 18.7 Å². The molecule has 29 heavy (non-hydrogen) atoms. The molecule has 0 aromatic carbocycles. The van der Waals surface area contributed by atoms with E-state index in [0.717, 1.165) is 67.5 Å². The largest absolute Gasteiger partial charge is 0.339 e. The van der Waals surface area contributed by atoms with Gasteiger partial charge in [-0.3, -0.25) is 9.13 Å². The Kier molecular flexibility index (Phi) is 4.22. The molecule has 3 aliphatic rings. The average molecular weight is 392 g/mol. The van der Waals surface area contributed by atoms with Gasteiger partial charge in [-0.1, -0.05) is 26.8 Å². The molecule has 0 N–H and O–H groups in total. The van der Waals surface area contributed by atoms with E-state index < -0.39 is 0 Å². The number of aryl methyl sites for hydroxylation is 1. The fourth-order valence-electron chi connectivity index (χ4n) is 5.38.